The number of thiophene rings is 1. The SMILES string of the molecule is O=C(OCc1ccc(Cl)nc1)C1CCN(S(=O)(=O)c2cccs2)CC1. The fourth-order valence-electron chi connectivity index (χ4n) is 2.63. The van der Waals surface area contributed by atoms with Crippen molar-refractivity contribution >= 4 is 38.9 Å². The van der Waals surface area contributed by atoms with Crippen LogP contribution < -0.4 is 0 Å². The molecule has 6 nitrogen and oxygen atoms in total. The van der Waals surface area contributed by atoms with Gasteiger partial charge in [-0.2, -0.15) is 4.31 Å². The van der Waals surface area contributed by atoms with Gasteiger partial charge in [-0.1, -0.05) is 23.7 Å². The van der Waals surface area contributed by atoms with Crippen molar-refractivity contribution in [2.24, 2.45) is 5.92 Å². The van der Waals surface area contributed by atoms with E-state index < -0.39 is 10.0 Å². The van der Waals surface area contributed by atoms with Gasteiger partial charge in [-0.15, -0.1) is 11.3 Å². The number of pyridine rings is 1. The number of carbonyl (C=O) groups excluding carboxylic acids is 1. The van der Waals surface area contributed by atoms with Gasteiger partial charge in [0.15, 0.2) is 0 Å². The summed E-state index contributed by atoms with van der Waals surface area (Å²) in [6, 6.07) is 6.70. The smallest absolute Gasteiger partial charge is 0.309 e. The molecule has 0 radical (unpaired) electrons. The molecule has 0 bridgehead atoms. The molecular weight excluding hydrogens is 384 g/mol. The zero-order valence-corrected chi connectivity index (χ0v) is 15.7. The quantitative estimate of drug-likeness (QED) is 0.569. The molecular formula is C16H17ClN2O4S2. The Morgan fingerprint density at radius 3 is 2.68 bits per heavy atom. The van der Waals surface area contributed by atoms with E-state index in [0.717, 1.165) is 5.56 Å². The van der Waals surface area contributed by atoms with Gasteiger partial charge in [0.2, 0.25) is 0 Å². The molecule has 134 valence electrons. The van der Waals surface area contributed by atoms with Crippen molar-refractivity contribution in [1.82, 2.24) is 9.29 Å². The van der Waals surface area contributed by atoms with Crippen molar-refractivity contribution in [3.8, 4) is 0 Å². The van der Waals surface area contributed by atoms with Gasteiger partial charge in [0.1, 0.15) is 16.0 Å². The second kappa shape index (κ2) is 7.82. The summed E-state index contributed by atoms with van der Waals surface area (Å²) in [5.41, 5.74) is 0.760. The van der Waals surface area contributed by atoms with Crippen LogP contribution in [0.1, 0.15) is 18.4 Å². The third kappa shape index (κ3) is 4.38. The molecule has 1 aliphatic rings. The molecule has 2 aromatic heterocycles. The van der Waals surface area contributed by atoms with Crippen molar-refractivity contribution in [2.75, 3.05) is 13.1 Å². The highest BCUT2D eigenvalue weighted by Gasteiger charge is 2.33. The minimum absolute atomic E-state index is 0.136. The zero-order valence-electron chi connectivity index (χ0n) is 13.3. The van der Waals surface area contributed by atoms with Gasteiger partial charge in [0.25, 0.3) is 10.0 Å². The van der Waals surface area contributed by atoms with Crippen LogP contribution in [-0.2, 0) is 26.2 Å². The Hall–Kier alpha value is -1.48. The van der Waals surface area contributed by atoms with Gasteiger partial charge in [-0.3, -0.25) is 4.79 Å². The number of aromatic nitrogens is 1. The van der Waals surface area contributed by atoms with E-state index in [1.54, 1.807) is 35.8 Å². The molecule has 0 atom stereocenters. The molecule has 2 aromatic rings. The average Bonchev–Trinajstić information content (AvgIpc) is 3.16. The van der Waals surface area contributed by atoms with E-state index in [4.69, 9.17) is 16.3 Å². The zero-order chi connectivity index (χ0) is 17.9. The number of esters is 1. The molecule has 0 amide bonds. The maximum atomic E-state index is 12.5. The first-order valence-electron chi connectivity index (χ1n) is 7.77. The Balaban J connectivity index is 1.51. The number of halogens is 1. The fourth-order valence-corrected chi connectivity index (χ4v) is 5.36. The predicted octanol–water partition coefficient (Wildman–Crippen LogP) is 2.94. The van der Waals surface area contributed by atoms with Gasteiger partial charge in [-0.05, 0) is 30.4 Å². The van der Waals surface area contributed by atoms with Crippen LogP contribution in [-0.4, -0.2) is 36.8 Å². The van der Waals surface area contributed by atoms with Gasteiger partial charge in [-0.25, -0.2) is 13.4 Å². The fraction of sp³-hybridized carbons (Fsp3) is 0.375. The number of ether oxygens (including phenoxy) is 1. The second-order valence-electron chi connectivity index (χ2n) is 5.71. The minimum atomic E-state index is -3.45. The molecule has 0 unspecified atom stereocenters. The second-order valence-corrected chi connectivity index (χ2v) is 9.21. The van der Waals surface area contributed by atoms with Gasteiger partial charge < -0.3 is 4.74 Å². The predicted molar refractivity (Wildman–Crippen MR) is 94.8 cm³/mol. The van der Waals surface area contributed by atoms with Crippen molar-refractivity contribution in [1.29, 1.82) is 0 Å². The number of carbonyl (C=O) groups is 1. The number of hydrogen-bond acceptors (Lipinski definition) is 6. The summed E-state index contributed by atoms with van der Waals surface area (Å²) in [6.07, 6.45) is 2.48. The summed E-state index contributed by atoms with van der Waals surface area (Å²) in [4.78, 5) is 16.1. The molecule has 9 heteroatoms. The first kappa shape index (κ1) is 18.3. The molecule has 3 rings (SSSR count). The van der Waals surface area contributed by atoms with Crippen LogP contribution in [0.2, 0.25) is 5.15 Å². The van der Waals surface area contributed by atoms with E-state index in [1.165, 1.54) is 15.6 Å². The van der Waals surface area contributed by atoms with Crippen molar-refractivity contribution in [3.05, 3.63) is 46.6 Å². The third-order valence-electron chi connectivity index (χ3n) is 4.05. The molecule has 0 spiro atoms. The van der Waals surface area contributed by atoms with Crippen LogP contribution in [0.4, 0.5) is 0 Å². The lowest BCUT2D eigenvalue weighted by molar-refractivity contribution is -0.151. The highest BCUT2D eigenvalue weighted by atomic mass is 35.5. The normalized spacial score (nSPS) is 16.7. The molecule has 25 heavy (non-hydrogen) atoms. The summed E-state index contributed by atoms with van der Waals surface area (Å²) in [5, 5.41) is 2.12. The Bertz CT molecular complexity index is 814. The molecule has 1 saturated heterocycles. The molecule has 0 aliphatic carbocycles. The molecule has 1 aliphatic heterocycles. The number of nitrogens with zero attached hydrogens (tertiary/aromatic N) is 2. The summed E-state index contributed by atoms with van der Waals surface area (Å²) in [7, 11) is -3.45. The highest BCUT2D eigenvalue weighted by Crippen LogP contribution is 2.27. The number of piperidine rings is 1. The Kier molecular flexibility index (Phi) is 5.73. The maximum Gasteiger partial charge on any atom is 0.309 e. The van der Waals surface area contributed by atoms with E-state index >= 15 is 0 Å². The third-order valence-corrected chi connectivity index (χ3v) is 7.54. The summed E-state index contributed by atoms with van der Waals surface area (Å²) >= 11 is 6.91. The molecule has 3 heterocycles. The lowest BCUT2D eigenvalue weighted by Crippen LogP contribution is -2.40. The van der Waals surface area contributed by atoms with E-state index in [0.29, 0.717) is 35.3 Å². The first-order valence-corrected chi connectivity index (χ1v) is 10.5. The van der Waals surface area contributed by atoms with Gasteiger partial charge in [0, 0.05) is 24.8 Å². The molecule has 1 fully saturated rings. The Morgan fingerprint density at radius 1 is 1.32 bits per heavy atom. The topological polar surface area (TPSA) is 76.6 Å². The summed E-state index contributed by atoms with van der Waals surface area (Å²) < 4.78 is 32.0. The average molecular weight is 401 g/mol. The monoisotopic (exact) mass is 400 g/mol. The lowest BCUT2D eigenvalue weighted by Gasteiger charge is -2.29. The first-order chi connectivity index (χ1) is 12.0. The van der Waals surface area contributed by atoms with Crippen molar-refractivity contribution < 1.29 is 17.9 Å². The van der Waals surface area contributed by atoms with Crippen LogP contribution in [0, 0.1) is 5.92 Å². The minimum Gasteiger partial charge on any atom is -0.461 e. The summed E-state index contributed by atoms with van der Waals surface area (Å²) in [5.74, 6) is -0.585. The maximum absolute atomic E-state index is 12.5. The van der Waals surface area contributed by atoms with E-state index in [-0.39, 0.29) is 18.5 Å². The molecule has 0 aromatic carbocycles. The van der Waals surface area contributed by atoms with E-state index in [2.05, 4.69) is 4.98 Å². The lowest BCUT2D eigenvalue weighted by atomic mass is 9.98. The number of sulfonamides is 1. The standard InChI is InChI=1S/C16H17ClN2O4S2/c17-14-4-3-12(10-18-14)11-23-16(20)13-5-7-19(8-6-13)25(21,22)15-2-1-9-24-15/h1-4,9-10,13H,5-8,11H2. The molecule has 0 saturated carbocycles. The Labute approximate surface area is 155 Å². The van der Waals surface area contributed by atoms with Crippen LogP contribution in [0.15, 0.2) is 40.1 Å². The number of hydrogen-bond donors (Lipinski definition) is 0. The van der Waals surface area contributed by atoms with E-state index in [9.17, 15) is 13.2 Å². The van der Waals surface area contributed by atoms with Crippen LogP contribution in [0.5, 0.6) is 0 Å². The number of rotatable bonds is 5. The van der Waals surface area contributed by atoms with Gasteiger partial charge >= 0.3 is 5.97 Å². The summed E-state index contributed by atoms with van der Waals surface area (Å²) in [6.45, 7) is 0.779. The van der Waals surface area contributed by atoms with E-state index in [1.807, 2.05) is 0 Å². The Morgan fingerprint density at radius 2 is 2.08 bits per heavy atom. The highest BCUT2D eigenvalue weighted by molar-refractivity contribution is 7.91. The van der Waals surface area contributed by atoms with Crippen LogP contribution in [0.25, 0.3) is 0 Å². The van der Waals surface area contributed by atoms with Crippen LogP contribution >= 0.6 is 22.9 Å². The van der Waals surface area contributed by atoms with Gasteiger partial charge in [0.05, 0.1) is 5.92 Å². The van der Waals surface area contributed by atoms with Crippen LogP contribution in [0.3, 0.4) is 0 Å². The largest absolute Gasteiger partial charge is 0.461 e. The van der Waals surface area contributed by atoms with Crippen molar-refractivity contribution in [3.63, 3.8) is 0 Å². The molecule has 0 N–H and O–H groups in total. The van der Waals surface area contributed by atoms with Crippen molar-refractivity contribution in [2.45, 2.75) is 23.7 Å².